The van der Waals surface area contributed by atoms with Crippen LogP contribution in [0.25, 0.3) is 0 Å². The third-order valence-corrected chi connectivity index (χ3v) is 5.35. The third kappa shape index (κ3) is 4.47. The van der Waals surface area contributed by atoms with Gasteiger partial charge in [-0.05, 0) is 57.5 Å². The van der Waals surface area contributed by atoms with Gasteiger partial charge in [-0.15, -0.1) is 0 Å². The van der Waals surface area contributed by atoms with Crippen molar-refractivity contribution >= 4 is 17.5 Å². The molecule has 0 amide bonds. The van der Waals surface area contributed by atoms with Crippen LogP contribution in [0, 0.1) is 5.92 Å². The van der Waals surface area contributed by atoms with Crippen molar-refractivity contribution in [3.63, 3.8) is 0 Å². The highest BCUT2D eigenvalue weighted by atomic mass is 32.2. The number of hydrogen-bond acceptors (Lipinski definition) is 4. The van der Waals surface area contributed by atoms with E-state index >= 15 is 0 Å². The van der Waals surface area contributed by atoms with Crippen LogP contribution in [0.15, 0.2) is 0 Å². The third-order valence-electron chi connectivity index (χ3n) is 4.37. The number of thioether (sulfide) groups is 1. The van der Waals surface area contributed by atoms with E-state index in [1.54, 1.807) is 0 Å². The molecule has 2 rings (SSSR count). The summed E-state index contributed by atoms with van der Waals surface area (Å²) in [5.74, 6) is 2.96. The molecule has 0 aromatic heterocycles. The minimum atomic E-state index is -0.236. The van der Waals surface area contributed by atoms with E-state index in [0.29, 0.717) is 12.2 Å². The van der Waals surface area contributed by atoms with E-state index < -0.39 is 0 Å². The number of rotatable bonds is 4. The summed E-state index contributed by atoms with van der Waals surface area (Å²) in [4.78, 5) is 12.4. The summed E-state index contributed by atoms with van der Waals surface area (Å²) in [5.41, 5.74) is 5.75. The zero-order valence-corrected chi connectivity index (χ0v) is 13.1. The summed E-state index contributed by atoms with van der Waals surface area (Å²) >= 11 is 2.00. The standard InChI is InChI=1S/C15H27NO2S/c1-14(2,16)5-3-13(17)12-4-8-18-15(11-12)6-9-19-10-7-15/h12H,3-11,16H2,1-2H3. The van der Waals surface area contributed by atoms with Gasteiger partial charge in [-0.1, -0.05) is 0 Å². The molecule has 0 saturated carbocycles. The van der Waals surface area contributed by atoms with Crippen molar-refractivity contribution in [1.29, 1.82) is 0 Å². The second kappa shape index (κ2) is 6.15. The zero-order chi connectivity index (χ0) is 13.9. The monoisotopic (exact) mass is 285 g/mol. The van der Waals surface area contributed by atoms with Gasteiger partial charge in [0.05, 0.1) is 5.60 Å². The smallest absolute Gasteiger partial charge is 0.136 e. The zero-order valence-electron chi connectivity index (χ0n) is 12.2. The Kier molecular flexibility index (Phi) is 4.96. The summed E-state index contributed by atoms with van der Waals surface area (Å²) in [6.07, 6.45) is 5.48. The van der Waals surface area contributed by atoms with Crippen molar-refractivity contribution in [2.45, 2.75) is 63.5 Å². The molecule has 4 heteroatoms. The number of carbonyl (C=O) groups is 1. The molecule has 19 heavy (non-hydrogen) atoms. The molecule has 1 spiro atoms. The van der Waals surface area contributed by atoms with Gasteiger partial charge in [-0.25, -0.2) is 0 Å². The van der Waals surface area contributed by atoms with Gasteiger partial charge in [0.2, 0.25) is 0 Å². The van der Waals surface area contributed by atoms with Crippen LogP contribution in [0.4, 0.5) is 0 Å². The van der Waals surface area contributed by atoms with Crippen LogP contribution in [0.5, 0.6) is 0 Å². The average molecular weight is 285 g/mol. The first-order valence-electron chi connectivity index (χ1n) is 7.44. The van der Waals surface area contributed by atoms with Gasteiger partial charge in [0.1, 0.15) is 5.78 Å². The highest BCUT2D eigenvalue weighted by molar-refractivity contribution is 7.99. The minimum absolute atomic E-state index is 0.0159. The Morgan fingerprint density at radius 2 is 2.11 bits per heavy atom. The Labute approximate surface area is 121 Å². The summed E-state index contributed by atoms with van der Waals surface area (Å²) < 4.78 is 6.04. The largest absolute Gasteiger partial charge is 0.375 e. The summed E-state index contributed by atoms with van der Waals surface area (Å²) in [6.45, 7) is 4.74. The molecule has 2 aliphatic rings. The van der Waals surface area contributed by atoms with Gasteiger partial charge in [0.25, 0.3) is 0 Å². The van der Waals surface area contributed by atoms with Crippen LogP contribution in [0.2, 0.25) is 0 Å². The molecule has 2 N–H and O–H groups in total. The van der Waals surface area contributed by atoms with E-state index in [2.05, 4.69) is 0 Å². The molecule has 0 radical (unpaired) electrons. The lowest BCUT2D eigenvalue weighted by atomic mass is 9.78. The Hall–Kier alpha value is -0.0600. The van der Waals surface area contributed by atoms with E-state index in [4.69, 9.17) is 10.5 Å². The average Bonchev–Trinajstić information content (AvgIpc) is 2.36. The van der Waals surface area contributed by atoms with Crippen LogP contribution < -0.4 is 5.73 Å². The first kappa shape index (κ1) is 15.3. The molecule has 2 saturated heterocycles. The van der Waals surface area contributed by atoms with Gasteiger partial charge in [0.15, 0.2) is 0 Å². The van der Waals surface area contributed by atoms with Crippen LogP contribution in [0.3, 0.4) is 0 Å². The van der Waals surface area contributed by atoms with Gasteiger partial charge < -0.3 is 10.5 Å². The number of hydrogen-bond donors (Lipinski definition) is 1. The Balaban J connectivity index is 1.88. The highest BCUT2D eigenvalue weighted by Gasteiger charge is 2.40. The summed E-state index contributed by atoms with van der Waals surface area (Å²) in [6, 6.07) is 0. The lowest BCUT2D eigenvalue weighted by Gasteiger charge is -2.43. The van der Waals surface area contributed by atoms with Crippen molar-refractivity contribution in [2.75, 3.05) is 18.1 Å². The van der Waals surface area contributed by atoms with Gasteiger partial charge >= 0.3 is 0 Å². The second-order valence-corrected chi connectivity index (χ2v) is 8.01. The Morgan fingerprint density at radius 1 is 1.42 bits per heavy atom. The quantitative estimate of drug-likeness (QED) is 0.863. The fraction of sp³-hybridized carbons (Fsp3) is 0.933. The maximum absolute atomic E-state index is 12.4. The van der Waals surface area contributed by atoms with Crippen molar-refractivity contribution in [3.05, 3.63) is 0 Å². The topological polar surface area (TPSA) is 52.3 Å². The molecule has 1 atom stereocenters. The molecular weight excluding hydrogens is 258 g/mol. The molecule has 0 aromatic carbocycles. The molecule has 1 unspecified atom stereocenters. The van der Waals surface area contributed by atoms with Crippen molar-refractivity contribution in [3.8, 4) is 0 Å². The van der Waals surface area contributed by atoms with Crippen LogP contribution in [0.1, 0.15) is 52.4 Å². The molecule has 2 aliphatic heterocycles. The maximum atomic E-state index is 12.4. The molecule has 2 fully saturated rings. The molecular formula is C15H27NO2S. The number of Topliss-reactive ketones (excluding diaryl/α,β-unsaturated/α-hetero) is 1. The van der Waals surface area contributed by atoms with Gasteiger partial charge in [0, 0.05) is 24.5 Å². The Morgan fingerprint density at radius 3 is 2.74 bits per heavy atom. The predicted molar refractivity (Wildman–Crippen MR) is 80.5 cm³/mol. The summed E-state index contributed by atoms with van der Waals surface area (Å²) in [5, 5.41) is 0. The SMILES string of the molecule is CC(C)(N)CCC(=O)C1CCOC2(CCSCC2)C1. The number of ether oxygens (including phenoxy) is 1. The van der Waals surface area contributed by atoms with Crippen molar-refractivity contribution in [2.24, 2.45) is 11.7 Å². The second-order valence-electron chi connectivity index (χ2n) is 6.79. The number of ketones is 1. The van der Waals surface area contributed by atoms with E-state index in [-0.39, 0.29) is 17.1 Å². The van der Waals surface area contributed by atoms with E-state index in [1.165, 1.54) is 11.5 Å². The van der Waals surface area contributed by atoms with Gasteiger partial charge in [-0.3, -0.25) is 4.79 Å². The van der Waals surface area contributed by atoms with E-state index in [0.717, 1.165) is 38.7 Å². The van der Waals surface area contributed by atoms with Crippen molar-refractivity contribution in [1.82, 2.24) is 0 Å². The molecule has 0 aromatic rings. The molecule has 3 nitrogen and oxygen atoms in total. The minimum Gasteiger partial charge on any atom is -0.375 e. The fourth-order valence-electron chi connectivity index (χ4n) is 3.04. The first-order valence-corrected chi connectivity index (χ1v) is 8.59. The van der Waals surface area contributed by atoms with E-state index in [1.807, 2.05) is 25.6 Å². The molecule has 2 heterocycles. The molecule has 0 bridgehead atoms. The lowest BCUT2D eigenvalue weighted by Crippen LogP contribution is -2.44. The van der Waals surface area contributed by atoms with Gasteiger partial charge in [-0.2, -0.15) is 11.8 Å². The first-order chi connectivity index (χ1) is 8.90. The lowest BCUT2D eigenvalue weighted by molar-refractivity contribution is -0.138. The normalized spacial score (nSPS) is 27.4. The molecule has 110 valence electrons. The van der Waals surface area contributed by atoms with Crippen LogP contribution >= 0.6 is 11.8 Å². The Bertz CT molecular complexity index is 313. The number of carbonyl (C=O) groups excluding carboxylic acids is 1. The summed E-state index contributed by atoms with van der Waals surface area (Å²) in [7, 11) is 0. The molecule has 0 aliphatic carbocycles. The highest BCUT2D eigenvalue weighted by Crippen LogP contribution is 2.40. The predicted octanol–water partition coefficient (Wildman–Crippen LogP) is 2.77. The van der Waals surface area contributed by atoms with Crippen molar-refractivity contribution < 1.29 is 9.53 Å². The maximum Gasteiger partial charge on any atom is 0.136 e. The number of nitrogens with two attached hydrogens (primary N) is 1. The van der Waals surface area contributed by atoms with E-state index in [9.17, 15) is 4.79 Å². The van der Waals surface area contributed by atoms with Crippen LogP contribution in [-0.4, -0.2) is 35.0 Å². The fourth-order valence-corrected chi connectivity index (χ4v) is 4.28. The van der Waals surface area contributed by atoms with Crippen LogP contribution in [-0.2, 0) is 9.53 Å².